The van der Waals surface area contributed by atoms with Gasteiger partial charge in [0.2, 0.25) is 0 Å². The Bertz CT molecular complexity index is 514. The summed E-state index contributed by atoms with van der Waals surface area (Å²) >= 11 is 0.387. The van der Waals surface area contributed by atoms with Crippen LogP contribution in [0.25, 0.3) is 0 Å². The van der Waals surface area contributed by atoms with Crippen molar-refractivity contribution in [3.05, 3.63) is 24.3 Å². The molecule has 0 heterocycles. The molecule has 1 rings (SSSR count). The molecule has 0 bridgehead atoms. The summed E-state index contributed by atoms with van der Waals surface area (Å²) in [5.41, 5.74) is 0.375. The lowest BCUT2D eigenvalue weighted by Gasteiger charge is -2.20. The van der Waals surface area contributed by atoms with E-state index in [-0.39, 0.29) is 6.54 Å². The Labute approximate surface area is 125 Å². The third-order valence-corrected chi connectivity index (χ3v) is 3.33. The van der Waals surface area contributed by atoms with Gasteiger partial charge in [0.1, 0.15) is 0 Å². The number of hydrogen-bond acceptors (Lipinski definition) is 3. The Hall–Kier alpha value is -1.83. The van der Waals surface area contributed by atoms with Crippen molar-refractivity contribution in [1.29, 1.82) is 0 Å². The van der Waals surface area contributed by atoms with Crippen molar-refractivity contribution in [1.82, 2.24) is 4.90 Å². The van der Waals surface area contributed by atoms with Crippen molar-refractivity contribution < 1.29 is 23.5 Å². The number of hydrogen-bond donors (Lipinski definition) is 2. The van der Waals surface area contributed by atoms with Gasteiger partial charge in [0, 0.05) is 24.2 Å². The molecular formula is C13H16F2N2O3S. The summed E-state index contributed by atoms with van der Waals surface area (Å²) in [5.74, 6) is -4.22. The van der Waals surface area contributed by atoms with E-state index in [0.29, 0.717) is 22.3 Å². The van der Waals surface area contributed by atoms with Crippen LogP contribution in [0, 0.1) is 5.92 Å². The average Bonchev–Trinajstić information content (AvgIpc) is 2.37. The number of halogens is 2. The standard InChI is InChI=1S/C13H16F2N2O3S/c1-8(11(18)19)7-17(2)13(20)16-9-4-3-5-10(6-9)21-12(14)15/h3-6,8,12H,7H2,1-2H3,(H,16,20)(H,18,19). The smallest absolute Gasteiger partial charge is 0.321 e. The van der Waals surface area contributed by atoms with Crippen LogP contribution in [0.1, 0.15) is 6.92 Å². The number of carboxylic acids is 1. The van der Waals surface area contributed by atoms with E-state index in [1.807, 2.05) is 0 Å². The van der Waals surface area contributed by atoms with Gasteiger partial charge in [-0.25, -0.2) is 4.79 Å². The molecule has 116 valence electrons. The van der Waals surface area contributed by atoms with Crippen molar-refractivity contribution in [2.75, 3.05) is 18.9 Å². The Kier molecular flexibility index (Phi) is 6.41. The van der Waals surface area contributed by atoms with Gasteiger partial charge in [-0.2, -0.15) is 8.78 Å². The fourth-order valence-electron chi connectivity index (χ4n) is 1.54. The van der Waals surface area contributed by atoms with Crippen molar-refractivity contribution in [3.63, 3.8) is 0 Å². The molecule has 0 aliphatic rings. The molecule has 0 saturated heterocycles. The van der Waals surface area contributed by atoms with E-state index in [2.05, 4.69) is 5.32 Å². The molecule has 21 heavy (non-hydrogen) atoms. The molecule has 1 aromatic carbocycles. The van der Waals surface area contributed by atoms with Crippen LogP contribution in [0.5, 0.6) is 0 Å². The van der Waals surface area contributed by atoms with Gasteiger partial charge in [-0.15, -0.1) is 0 Å². The fourth-order valence-corrected chi connectivity index (χ4v) is 2.10. The summed E-state index contributed by atoms with van der Waals surface area (Å²) in [5, 5.41) is 11.3. The third-order valence-electron chi connectivity index (χ3n) is 2.63. The number of carboxylic acid groups (broad SMARTS) is 1. The highest BCUT2D eigenvalue weighted by Crippen LogP contribution is 2.27. The molecule has 0 radical (unpaired) electrons. The number of alkyl halides is 2. The van der Waals surface area contributed by atoms with Crippen LogP contribution < -0.4 is 5.32 Å². The van der Waals surface area contributed by atoms with Gasteiger partial charge in [0.05, 0.1) is 5.92 Å². The Morgan fingerprint density at radius 3 is 2.67 bits per heavy atom. The van der Waals surface area contributed by atoms with Gasteiger partial charge in [0.25, 0.3) is 5.76 Å². The predicted molar refractivity (Wildman–Crippen MR) is 76.8 cm³/mol. The highest BCUT2D eigenvalue weighted by atomic mass is 32.2. The summed E-state index contributed by atoms with van der Waals surface area (Å²) in [6, 6.07) is 5.58. The molecule has 2 N–H and O–H groups in total. The minimum absolute atomic E-state index is 0.0483. The van der Waals surface area contributed by atoms with Gasteiger partial charge in [-0.1, -0.05) is 24.8 Å². The van der Waals surface area contributed by atoms with Gasteiger partial charge in [-0.3, -0.25) is 4.79 Å². The largest absolute Gasteiger partial charge is 0.481 e. The lowest BCUT2D eigenvalue weighted by atomic mass is 10.2. The highest BCUT2D eigenvalue weighted by Gasteiger charge is 2.17. The van der Waals surface area contributed by atoms with Crippen molar-refractivity contribution in [2.45, 2.75) is 17.6 Å². The lowest BCUT2D eigenvalue weighted by Crippen LogP contribution is -2.36. The SMILES string of the molecule is CC(CN(C)C(=O)Nc1cccc(SC(F)F)c1)C(=O)O. The molecule has 1 unspecified atom stereocenters. The van der Waals surface area contributed by atoms with Crippen LogP contribution in [0.2, 0.25) is 0 Å². The van der Waals surface area contributed by atoms with E-state index in [9.17, 15) is 18.4 Å². The second kappa shape index (κ2) is 7.82. The number of thioether (sulfide) groups is 1. The normalized spacial score (nSPS) is 12.0. The number of rotatable bonds is 6. The fraction of sp³-hybridized carbons (Fsp3) is 0.385. The van der Waals surface area contributed by atoms with Gasteiger partial charge >= 0.3 is 12.0 Å². The molecule has 0 fully saturated rings. The molecule has 0 aliphatic heterocycles. The molecular weight excluding hydrogens is 302 g/mol. The molecule has 1 atom stereocenters. The van der Waals surface area contributed by atoms with E-state index in [1.54, 1.807) is 12.1 Å². The van der Waals surface area contributed by atoms with Crippen LogP contribution in [0.4, 0.5) is 19.3 Å². The topological polar surface area (TPSA) is 69.6 Å². The maximum absolute atomic E-state index is 12.3. The molecule has 2 amide bonds. The van der Waals surface area contributed by atoms with Crippen LogP contribution in [-0.2, 0) is 4.79 Å². The van der Waals surface area contributed by atoms with Gasteiger partial charge in [-0.05, 0) is 18.2 Å². The van der Waals surface area contributed by atoms with E-state index >= 15 is 0 Å². The molecule has 0 saturated carbocycles. The molecule has 0 aromatic heterocycles. The maximum Gasteiger partial charge on any atom is 0.321 e. The summed E-state index contributed by atoms with van der Waals surface area (Å²) in [4.78, 5) is 24.2. The number of aliphatic carboxylic acids is 1. The first-order chi connectivity index (χ1) is 9.79. The maximum atomic E-state index is 12.3. The van der Waals surface area contributed by atoms with Crippen LogP contribution >= 0.6 is 11.8 Å². The minimum Gasteiger partial charge on any atom is -0.481 e. The predicted octanol–water partition coefficient (Wildman–Crippen LogP) is 3.19. The van der Waals surface area contributed by atoms with E-state index < -0.39 is 23.7 Å². The quantitative estimate of drug-likeness (QED) is 0.790. The summed E-state index contributed by atoms with van der Waals surface area (Å²) in [7, 11) is 1.46. The monoisotopic (exact) mass is 318 g/mol. The number of carbonyl (C=O) groups is 2. The molecule has 8 heteroatoms. The Morgan fingerprint density at radius 2 is 2.10 bits per heavy atom. The second-order valence-corrected chi connectivity index (χ2v) is 5.52. The number of urea groups is 1. The zero-order valence-corrected chi connectivity index (χ0v) is 12.4. The van der Waals surface area contributed by atoms with Crippen LogP contribution in [-0.4, -0.2) is 41.4 Å². The number of amides is 2. The van der Waals surface area contributed by atoms with Crippen LogP contribution in [0.3, 0.4) is 0 Å². The van der Waals surface area contributed by atoms with Crippen molar-refractivity contribution in [3.8, 4) is 0 Å². The summed E-state index contributed by atoms with van der Waals surface area (Å²) < 4.78 is 24.5. The number of benzene rings is 1. The number of nitrogens with one attached hydrogen (secondary N) is 1. The number of nitrogens with zero attached hydrogens (tertiary/aromatic N) is 1. The third kappa shape index (κ3) is 5.99. The Morgan fingerprint density at radius 1 is 1.43 bits per heavy atom. The minimum atomic E-state index is -2.53. The first-order valence-electron chi connectivity index (χ1n) is 6.09. The number of anilines is 1. The zero-order valence-electron chi connectivity index (χ0n) is 11.5. The first-order valence-corrected chi connectivity index (χ1v) is 6.97. The summed E-state index contributed by atoms with van der Waals surface area (Å²) in [6.07, 6.45) is 0. The van der Waals surface area contributed by atoms with Crippen molar-refractivity contribution >= 4 is 29.4 Å². The lowest BCUT2D eigenvalue weighted by molar-refractivity contribution is -0.141. The van der Waals surface area contributed by atoms with E-state index in [4.69, 9.17) is 5.11 Å². The van der Waals surface area contributed by atoms with E-state index in [1.165, 1.54) is 31.0 Å². The molecule has 1 aromatic rings. The average molecular weight is 318 g/mol. The van der Waals surface area contributed by atoms with Crippen molar-refractivity contribution in [2.24, 2.45) is 5.92 Å². The first kappa shape index (κ1) is 17.2. The zero-order chi connectivity index (χ0) is 16.0. The number of carbonyl (C=O) groups excluding carboxylic acids is 1. The van der Waals surface area contributed by atoms with E-state index in [0.717, 1.165) is 0 Å². The highest BCUT2D eigenvalue weighted by molar-refractivity contribution is 7.99. The molecule has 0 spiro atoms. The Balaban J connectivity index is 2.63. The molecule has 5 nitrogen and oxygen atoms in total. The van der Waals surface area contributed by atoms with Gasteiger partial charge in [0.15, 0.2) is 0 Å². The molecule has 0 aliphatic carbocycles. The summed E-state index contributed by atoms with van der Waals surface area (Å²) in [6.45, 7) is 1.54. The van der Waals surface area contributed by atoms with Crippen LogP contribution in [0.15, 0.2) is 29.2 Å². The van der Waals surface area contributed by atoms with Gasteiger partial charge < -0.3 is 15.3 Å². The second-order valence-electron chi connectivity index (χ2n) is 4.46.